The zero-order valence-electron chi connectivity index (χ0n) is 15.7. The second kappa shape index (κ2) is 6.74. The smallest absolute Gasteiger partial charge is 0.225 e. The highest BCUT2D eigenvalue weighted by Crippen LogP contribution is 2.57. The third kappa shape index (κ3) is 3.60. The Morgan fingerprint density at radius 3 is 2.00 bits per heavy atom. The van der Waals surface area contributed by atoms with E-state index in [0.29, 0.717) is 23.3 Å². The van der Waals surface area contributed by atoms with E-state index in [4.69, 9.17) is 0 Å². The van der Waals surface area contributed by atoms with Gasteiger partial charge >= 0.3 is 0 Å². The van der Waals surface area contributed by atoms with E-state index in [0.717, 1.165) is 50.9 Å². The fourth-order valence-electron chi connectivity index (χ4n) is 5.13. The molecule has 1 amide bonds. The summed E-state index contributed by atoms with van der Waals surface area (Å²) in [4.78, 5) is 17.5. The van der Waals surface area contributed by atoms with Crippen LogP contribution in [0.1, 0.15) is 66.2 Å². The highest BCUT2D eigenvalue weighted by Gasteiger charge is 2.47. The Kier molecular flexibility index (Phi) is 5.06. The number of rotatable bonds is 3. The second-order valence-corrected chi connectivity index (χ2v) is 9.14. The Bertz CT molecular complexity index is 407. The topological polar surface area (TPSA) is 23.6 Å². The van der Waals surface area contributed by atoms with Gasteiger partial charge in [0.2, 0.25) is 5.91 Å². The van der Waals surface area contributed by atoms with Gasteiger partial charge in [0, 0.05) is 38.1 Å². The molecule has 0 bridgehead atoms. The molecule has 3 nitrogen and oxygen atoms in total. The maximum atomic E-state index is 12.8. The quantitative estimate of drug-likeness (QED) is 0.790. The summed E-state index contributed by atoms with van der Waals surface area (Å²) in [6, 6.07) is 0.606. The zero-order valence-corrected chi connectivity index (χ0v) is 15.7. The van der Waals surface area contributed by atoms with E-state index in [9.17, 15) is 4.79 Å². The van der Waals surface area contributed by atoms with Crippen molar-refractivity contribution in [2.45, 2.75) is 72.3 Å². The van der Waals surface area contributed by atoms with Crippen LogP contribution in [-0.4, -0.2) is 47.9 Å². The Hall–Kier alpha value is -0.570. The highest BCUT2D eigenvalue weighted by molar-refractivity contribution is 5.79. The van der Waals surface area contributed by atoms with E-state index < -0.39 is 0 Å². The van der Waals surface area contributed by atoms with E-state index in [1.54, 1.807) is 0 Å². The van der Waals surface area contributed by atoms with Gasteiger partial charge in [-0.1, -0.05) is 13.8 Å². The van der Waals surface area contributed by atoms with Gasteiger partial charge in [-0.15, -0.1) is 0 Å². The summed E-state index contributed by atoms with van der Waals surface area (Å²) in [5, 5.41) is 0. The molecule has 132 valence electrons. The van der Waals surface area contributed by atoms with Crippen LogP contribution in [0.15, 0.2) is 0 Å². The molecule has 0 radical (unpaired) electrons. The molecule has 1 saturated heterocycles. The average molecular weight is 321 g/mol. The van der Waals surface area contributed by atoms with Crippen molar-refractivity contribution < 1.29 is 4.79 Å². The molecule has 1 heterocycles. The van der Waals surface area contributed by atoms with Crippen LogP contribution in [0.5, 0.6) is 0 Å². The number of hydrogen-bond acceptors (Lipinski definition) is 2. The minimum atomic E-state index is 0.323. The normalized spacial score (nSPS) is 35.8. The van der Waals surface area contributed by atoms with Crippen molar-refractivity contribution in [3.8, 4) is 0 Å². The monoisotopic (exact) mass is 320 g/mol. The number of piperazine rings is 1. The summed E-state index contributed by atoms with van der Waals surface area (Å²) in [7, 11) is 0. The lowest BCUT2D eigenvalue weighted by Gasteiger charge is -2.53. The molecule has 0 aromatic heterocycles. The minimum absolute atomic E-state index is 0.323. The van der Waals surface area contributed by atoms with Crippen molar-refractivity contribution in [1.82, 2.24) is 9.80 Å². The summed E-state index contributed by atoms with van der Waals surface area (Å²) < 4.78 is 0. The SMILES string of the molecule is CC(C)C1CC2(CCC(C(=O)N3CCN(C(C)C)CC3)CC2)C1. The predicted octanol–water partition coefficient (Wildman–Crippen LogP) is 3.78. The van der Waals surface area contributed by atoms with Crippen molar-refractivity contribution in [3.63, 3.8) is 0 Å². The van der Waals surface area contributed by atoms with Crippen molar-refractivity contribution in [1.29, 1.82) is 0 Å². The molecule has 2 saturated carbocycles. The summed E-state index contributed by atoms with van der Waals surface area (Å²) >= 11 is 0. The number of carbonyl (C=O) groups is 1. The van der Waals surface area contributed by atoms with Gasteiger partial charge in [-0.2, -0.15) is 0 Å². The first-order chi connectivity index (χ1) is 10.9. The van der Waals surface area contributed by atoms with E-state index >= 15 is 0 Å². The third-order valence-electron chi connectivity index (χ3n) is 7.08. The molecule has 0 N–H and O–H groups in total. The van der Waals surface area contributed by atoms with Crippen molar-refractivity contribution in [2.24, 2.45) is 23.2 Å². The Morgan fingerprint density at radius 2 is 1.52 bits per heavy atom. The third-order valence-corrected chi connectivity index (χ3v) is 7.08. The van der Waals surface area contributed by atoms with Gasteiger partial charge in [-0.25, -0.2) is 0 Å². The average Bonchev–Trinajstić information content (AvgIpc) is 2.52. The minimum Gasteiger partial charge on any atom is -0.340 e. The number of hydrogen-bond donors (Lipinski definition) is 0. The van der Waals surface area contributed by atoms with Crippen LogP contribution in [0, 0.1) is 23.2 Å². The molecule has 0 aromatic rings. The summed E-state index contributed by atoms with van der Waals surface area (Å²) in [6.07, 6.45) is 7.76. The molecule has 0 aromatic carbocycles. The van der Waals surface area contributed by atoms with Crippen LogP contribution in [0.4, 0.5) is 0 Å². The van der Waals surface area contributed by atoms with E-state index in [-0.39, 0.29) is 0 Å². The number of nitrogens with zero attached hydrogens (tertiary/aromatic N) is 2. The molecule has 3 heteroatoms. The van der Waals surface area contributed by atoms with Crippen LogP contribution in [-0.2, 0) is 4.79 Å². The van der Waals surface area contributed by atoms with Crippen LogP contribution < -0.4 is 0 Å². The van der Waals surface area contributed by atoms with Gasteiger partial charge in [0.1, 0.15) is 0 Å². The Balaban J connectivity index is 1.44. The largest absolute Gasteiger partial charge is 0.340 e. The maximum Gasteiger partial charge on any atom is 0.225 e. The van der Waals surface area contributed by atoms with Gasteiger partial charge < -0.3 is 4.90 Å². The number of amides is 1. The number of carbonyl (C=O) groups excluding carboxylic acids is 1. The molecule has 3 rings (SSSR count). The predicted molar refractivity (Wildman–Crippen MR) is 95.2 cm³/mol. The highest BCUT2D eigenvalue weighted by atomic mass is 16.2. The van der Waals surface area contributed by atoms with Crippen LogP contribution in [0.25, 0.3) is 0 Å². The van der Waals surface area contributed by atoms with Crippen LogP contribution in [0.2, 0.25) is 0 Å². The molecular formula is C20H36N2O. The maximum absolute atomic E-state index is 12.8. The van der Waals surface area contributed by atoms with Crippen LogP contribution >= 0.6 is 0 Å². The molecule has 1 spiro atoms. The molecule has 3 aliphatic rings. The lowest BCUT2D eigenvalue weighted by Crippen LogP contribution is -2.53. The lowest BCUT2D eigenvalue weighted by molar-refractivity contribution is -0.140. The molecule has 0 atom stereocenters. The van der Waals surface area contributed by atoms with Gasteiger partial charge in [-0.3, -0.25) is 9.69 Å². The summed E-state index contributed by atoms with van der Waals surface area (Å²) in [5.41, 5.74) is 0.627. The first kappa shape index (κ1) is 17.3. The van der Waals surface area contributed by atoms with E-state index in [2.05, 4.69) is 37.5 Å². The lowest BCUT2D eigenvalue weighted by atomic mass is 9.52. The second-order valence-electron chi connectivity index (χ2n) is 9.14. The van der Waals surface area contributed by atoms with Gasteiger partial charge in [-0.05, 0) is 69.6 Å². The molecule has 2 aliphatic carbocycles. The fraction of sp³-hybridized carbons (Fsp3) is 0.950. The summed E-state index contributed by atoms with van der Waals surface area (Å²) in [5.74, 6) is 2.58. The molecular weight excluding hydrogens is 284 g/mol. The van der Waals surface area contributed by atoms with Gasteiger partial charge in [0.15, 0.2) is 0 Å². The van der Waals surface area contributed by atoms with E-state index in [1.807, 2.05) is 0 Å². The van der Waals surface area contributed by atoms with Crippen LogP contribution in [0.3, 0.4) is 0 Å². The molecule has 1 aliphatic heterocycles. The van der Waals surface area contributed by atoms with E-state index in [1.165, 1.54) is 25.7 Å². The molecule has 0 unspecified atom stereocenters. The Labute approximate surface area is 142 Å². The van der Waals surface area contributed by atoms with Crippen molar-refractivity contribution >= 4 is 5.91 Å². The molecule has 3 fully saturated rings. The zero-order chi connectivity index (χ0) is 16.6. The summed E-state index contributed by atoms with van der Waals surface area (Å²) in [6.45, 7) is 13.2. The Morgan fingerprint density at radius 1 is 0.957 bits per heavy atom. The first-order valence-electron chi connectivity index (χ1n) is 9.93. The first-order valence-corrected chi connectivity index (χ1v) is 9.93. The van der Waals surface area contributed by atoms with Crippen molar-refractivity contribution in [3.05, 3.63) is 0 Å². The van der Waals surface area contributed by atoms with Gasteiger partial charge in [0.25, 0.3) is 0 Å². The molecule has 23 heavy (non-hydrogen) atoms. The fourth-order valence-corrected chi connectivity index (χ4v) is 5.13. The standard InChI is InChI=1S/C20H36N2O/c1-15(2)18-13-20(14-18)7-5-17(6-8-20)19(23)22-11-9-21(10-12-22)16(3)4/h15-18H,5-14H2,1-4H3. The van der Waals surface area contributed by atoms with Gasteiger partial charge in [0.05, 0.1) is 0 Å². The van der Waals surface area contributed by atoms with Crippen molar-refractivity contribution in [2.75, 3.05) is 26.2 Å².